The Bertz CT molecular complexity index is 769. The Morgan fingerprint density at radius 2 is 1.93 bits per heavy atom. The van der Waals surface area contributed by atoms with Gasteiger partial charge in [-0.3, -0.25) is 4.90 Å². The molecule has 1 aromatic carbocycles. The highest BCUT2D eigenvalue weighted by Crippen LogP contribution is 2.46. The van der Waals surface area contributed by atoms with E-state index in [0.29, 0.717) is 12.0 Å². The van der Waals surface area contributed by atoms with Gasteiger partial charge < -0.3 is 9.64 Å². The number of piperidine rings is 1. The molecule has 2 aromatic rings. The van der Waals surface area contributed by atoms with Crippen LogP contribution >= 0.6 is 11.3 Å². The summed E-state index contributed by atoms with van der Waals surface area (Å²) in [6.07, 6.45) is 7.89. The molecule has 0 N–H and O–H groups in total. The number of likely N-dealkylation sites (tertiary alicyclic amines) is 1. The summed E-state index contributed by atoms with van der Waals surface area (Å²) >= 11 is 1.90. The molecule has 5 rings (SSSR count). The van der Waals surface area contributed by atoms with Crippen LogP contribution < -0.4 is 4.74 Å². The molecule has 4 heterocycles. The van der Waals surface area contributed by atoms with E-state index in [0.717, 1.165) is 18.8 Å². The van der Waals surface area contributed by atoms with Crippen molar-refractivity contribution in [2.75, 3.05) is 39.3 Å². The first kappa shape index (κ1) is 18.7. The second kappa shape index (κ2) is 8.56. The number of ether oxygens (including phenoxy) is 1. The lowest BCUT2D eigenvalue weighted by Gasteiger charge is -2.37. The molecule has 1 aromatic heterocycles. The number of fused-ring (bicyclic) bond motifs is 3. The molecule has 0 amide bonds. The molecule has 0 saturated carbocycles. The Morgan fingerprint density at radius 1 is 1.00 bits per heavy atom. The van der Waals surface area contributed by atoms with Crippen molar-refractivity contribution in [3.63, 3.8) is 0 Å². The first-order chi connectivity index (χ1) is 13.9. The van der Waals surface area contributed by atoms with Crippen LogP contribution in [0, 0.1) is 0 Å². The molecular weight excluding hydrogens is 364 g/mol. The van der Waals surface area contributed by atoms with Gasteiger partial charge in [-0.2, -0.15) is 0 Å². The van der Waals surface area contributed by atoms with E-state index in [9.17, 15) is 0 Å². The van der Waals surface area contributed by atoms with Gasteiger partial charge in [0.2, 0.25) is 0 Å². The lowest BCUT2D eigenvalue weighted by Crippen LogP contribution is -2.34. The van der Waals surface area contributed by atoms with E-state index in [2.05, 4.69) is 45.5 Å². The van der Waals surface area contributed by atoms with Crippen LogP contribution in [0.3, 0.4) is 0 Å². The molecule has 3 aliphatic rings. The van der Waals surface area contributed by atoms with Crippen LogP contribution in [0.4, 0.5) is 0 Å². The number of hydrogen-bond donors (Lipinski definition) is 0. The number of nitrogens with zero attached hydrogens (tertiary/aromatic N) is 2. The van der Waals surface area contributed by atoms with E-state index in [1.54, 1.807) is 0 Å². The Balaban J connectivity index is 1.27. The largest absolute Gasteiger partial charge is 0.494 e. The normalized spacial score (nSPS) is 25.4. The summed E-state index contributed by atoms with van der Waals surface area (Å²) in [4.78, 5) is 6.80. The monoisotopic (exact) mass is 396 g/mol. The van der Waals surface area contributed by atoms with Crippen molar-refractivity contribution in [1.29, 1.82) is 0 Å². The third-order valence-corrected chi connectivity index (χ3v) is 7.78. The van der Waals surface area contributed by atoms with Crippen LogP contribution in [0.1, 0.15) is 66.5 Å². The summed E-state index contributed by atoms with van der Waals surface area (Å²) in [5.74, 6) is 1.59. The molecule has 2 atom stereocenters. The molecule has 0 aliphatic carbocycles. The number of rotatable bonds is 6. The minimum absolute atomic E-state index is 0.525. The molecule has 150 valence electrons. The number of benzene rings is 1. The fourth-order valence-electron chi connectivity index (χ4n) is 5.37. The van der Waals surface area contributed by atoms with Crippen LogP contribution in [-0.4, -0.2) is 49.1 Å². The fraction of sp³-hybridized carbons (Fsp3) is 0.583. The lowest BCUT2D eigenvalue weighted by atomic mass is 9.84. The molecule has 0 radical (unpaired) electrons. The highest BCUT2D eigenvalue weighted by molar-refractivity contribution is 7.10. The average molecular weight is 397 g/mol. The summed E-state index contributed by atoms with van der Waals surface area (Å²) in [5, 5.41) is 2.21. The fourth-order valence-corrected chi connectivity index (χ4v) is 6.21. The molecule has 3 aliphatic heterocycles. The van der Waals surface area contributed by atoms with Gasteiger partial charge in [-0.25, -0.2) is 0 Å². The predicted molar refractivity (Wildman–Crippen MR) is 117 cm³/mol. The van der Waals surface area contributed by atoms with Crippen molar-refractivity contribution in [2.45, 2.75) is 50.5 Å². The van der Waals surface area contributed by atoms with Crippen molar-refractivity contribution in [1.82, 2.24) is 9.80 Å². The van der Waals surface area contributed by atoms with Crippen LogP contribution in [0.25, 0.3) is 0 Å². The Labute approximate surface area is 173 Å². The summed E-state index contributed by atoms with van der Waals surface area (Å²) in [6, 6.07) is 12.0. The van der Waals surface area contributed by atoms with Gasteiger partial charge in [-0.05, 0) is 86.4 Å². The van der Waals surface area contributed by atoms with Gasteiger partial charge in [-0.1, -0.05) is 18.6 Å². The molecular formula is C24H32N2OS. The molecule has 0 bridgehead atoms. The second-order valence-electron chi connectivity index (χ2n) is 8.62. The third kappa shape index (κ3) is 3.87. The summed E-state index contributed by atoms with van der Waals surface area (Å²) in [7, 11) is 0. The summed E-state index contributed by atoms with van der Waals surface area (Å²) < 4.78 is 6.20. The van der Waals surface area contributed by atoms with Crippen molar-refractivity contribution in [3.8, 4) is 5.75 Å². The van der Waals surface area contributed by atoms with E-state index in [4.69, 9.17) is 4.74 Å². The Morgan fingerprint density at radius 3 is 2.79 bits per heavy atom. The number of hydrogen-bond acceptors (Lipinski definition) is 4. The van der Waals surface area contributed by atoms with Crippen LogP contribution in [-0.2, 0) is 0 Å². The van der Waals surface area contributed by atoms with Crippen molar-refractivity contribution < 1.29 is 4.74 Å². The molecule has 2 saturated heterocycles. The van der Waals surface area contributed by atoms with Gasteiger partial charge in [0.1, 0.15) is 5.75 Å². The summed E-state index contributed by atoms with van der Waals surface area (Å²) in [5.41, 5.74) is 3.06. The highest BCUT2D eigenvalue weighted by Gasteiger charge is 2.37. The molecule has 28 heavy (non-hydrogen) atoms. The van der Waals surface area contributed by atoms with Gasteiger partial charge >= 0.3 is 0 Å². The SMILES string of the molecule is c1csc(C2CN3CCC[C@H]3c3cc(OCCCN4CCCCC4)ccc32)c1. The first-order valence-corrected chi connectivity index (χ1v) is 12.0. The van der Waals surface area contributed by atoms with Gasteiger partial charge in [0.15, 0.2) is 0 Å². The van der Waals surface area contributed by atoms with Gasteiger partial charge in [0.25, 0.3) is 0 Å². The number of thiophene rings is 1. The zero-order valence-corrected chi connectivity index (χ0v) is 17.6. The average Bonchev–Trinajstić information content (AvgIpc) is 3.43. The summed E-state index contributed by atoms with van der Waals surface area (Å²) in [6.45, 7) is 6.99. The molecule has 2 fully saturated rings. The maximum absolute atomic E-state index is 6.20. The zero-order valence-electron chi connectivity index (χ0n) is 16.8. The van der Waals surface area contributed by atoms with Gasteiger partial charge in [0, 0.05) is 29.9 Å². The van der Waals surface area contributed by atoms with E-state index < -0.39 is 0 Å². The predicted octanol–water partition coefficient (Wildman–Crippen LogP) is 5.29. The maximum atomic E-state index is 6.20. The minimum atomic E-state index is 0.525. The molecule has 3 nitrogen and oxygen atoms in total. The van der Waals surface area contributed by atoms with E-state index in [1.807, 2.05) is 11.3 Å². The Hall–Kier alpha value is -1.36. The van der Waals surface area contributed by atoms with Crippen LogP contribution in [0.5, 0.6) is 5.75 Å². The quantitative estimate of drug-likeness (QED) is 0.618. The Kier molecular flexibility index (Phi) is 5.70. The smallest absolute Gasteiger partial charge is 0.119 e. The second-order valence-corrected chi connectivity index (χ2v) is 9.60. The van der Waals surface area contributed by atoms with Gasteiger partial charge in [-0.15, -0.1) is 11.3 Å². The standard InChI is InChI=1S/C24H32N2OS/c1-2-11-25(12-3-1)13-6-15-27-19-9-10-20-21(17-19)23-7-4-14-26(23)18-22(20)24-8-5-16-28-24/h5,8-10,16-17,22-23H,1-4,6-7,11-15,18H2/t22?,23-/m0/s1. The zero-order chi connectivity index (χ0) is 18.8. The van der Waals surface area contributed by atoms with E-state index in [-0.39, 0.29) is 0 Å². The third-order valence-electron chi connectivity index (χ3n) is 6.80. The van der Waals surface area contributed by atoms with E-state index >= 15 is 0 Å². The van der Waals surface area contributed by atoms with Crippen LogP contribution in [0.2, 0.25) is 0 Å². The first-order valence-electron chi connectivity index (χ1n) is 11.1. The minimum Gasteiger partial charge on any atom is -0.494 e. The highest BCUT2D eigenvalue weighted by atomic mass is 32.1. The van der Waals surface area contributed by atoms with Crippen molar-refractivity contribution in [3.05, 3.63) is 51.7 Å². The molecule has 0 spiro atoms. The van der Waals surface area contributed by atoms with Crippen molar-refractivity contribution in [2.24, 2.45) is 0 Å². The topological polar surface area (TPSA) is 15.7 Å². The van der Waals surface area contributed by atoms with Crippen LogP contribution in [0.15, 0.2) is 35.7 Å². The maximum Gasteiger partial charge on any atom is 0.119 e. The molecule has 1 unspecified atom stereocenters. The van der Waals surface area contributed by atoms with E-state index in [1.165, 1.54) is 80.8 Å². The van der Waals surface area contributed by atoms with Crippen molar-refractivity contribution >= 4 is 11.3 Å². The lowest BCUT2D eigenvalue weighted by molar-refractivity contribution is 0.204. The molecule has 4 heteroatoms. The van der Waals surface area contributed by atoms with Gasteiger partial charge in [0.05, 0.1) is 6.61 Å².